The van der Waals surface area contributed by atoms with Gasteiger partial charge in [-0.3, -0.25) is 10.1 Å². The summed E-state index contributed by atoms with van der Waals surface area (Å²) in [7, 11) is 0. The topological polar surface area (TPSA) is 101 Å². The predicted molar refractivity (Wildman–Crippen MR) is 91.6 cm³/mol. The van der Waals surface area contributed by atoms with E-state index in [0.29, 0.717) is 6.04 Å². The van der Waals surface area contributed by atoms with E-state index in [1.807, 2.05) is 6.07 Å². The van der Waals surface area contributed by atoms with Gasteiger partial charge in [-0.05, 0) is 36.9 Å². The Labute approximate surface area is 133 Å². The van der Waals surface area contributed by atoms with Gasteiger partial charge in [-0.25, -0.2) is 4.98 Å². The minimum Gasteiger partial charge on any atom is -0.370 e. The summed E-state index contributed by atoms with van der Waals surface area (Å²) in [6.07, 6.45) is 6.79. The molecule has 0 aliphatic heterocycles. The molecule has 0 amide bonds. The summed E-state index contributed by atoms with van der Waals surface area (Å²) in [6.45, 7) is 0. The zero-order chi connectivity index (χ0) is 15.1. The van der Waals surface area contributed by atoms with Gasteiger partial charge in [0, 0.05) is 6.04 Å². The highest BCUT2D eigenvalue weighted by molar-refractivity contribution is 7.99. The summed E-state index contributed by atoms with van der Waals surface area (Å²) in [5, 5.41) is 6.06. The molecule has 1 aromatic carbocycles. The number of hydrogen-bond donors (Lipinski definition) is 4. The second-order valence-electron chi connectivity index (χ2n) is 4.96. The summed E-state index contributed by atoms with van der Waals surface area (Å²) < 4.78 is 5.98. The Bertz CT molecular complexity index is 541. The molecule has 3 rings (SSSR count). The number of thiazole rings is 1. The average Bonchev–Trinajstić information content (AvgIpc) is 2.88. The average molecular weight is 323 g/mol. The first-order chi connectivity index (χ1) is 10.1. The van der Waals surface area contributed by atoms with Gasteiger partial charge < -0.3 is 11.5 Å². The van der Waals surface area contributed by atoms with Crippen LogP contribution in [0.5, 0.6) is 0 Å². The molecule has 0 unspecified atom stereocenters. The van der Waals surface area contributed by atoms with E-state index in [2.05, 4.69) is 39.4 Å². The minimum atomic E-state index is -0.333. The minimum absolute atomic E-state index is 0.333. The van der Waals surface area contributed by atoms with E-state index in [1.165, 1.54) is 36.8 Å². The number of benzene rings is 1. The van der Waals surface area contributed by atoms with Crippen LogP contribution in [0, 0.1) is 5.41 Å². The fourth-order valence-corrected chi connectivity index (χ4v) is 4.17. The lowest BCUT2D eigenvalue weighted by Gasteiger charge is -2.21. The van der Waals surface area contributed by atoms with Crippen LogP contribution in [0.1, 0.15) is 32.1 Å². The SMILES string of the molecule is N=C(N)N.c1ccc2sc(SNC3CCCCC3)nc2c1. The van der Waals surface area contributed by atoms with Crippen LogP contribution >= 0.6 is 23.3 Å². The zero-order valence-electron chi connectivity index (χ0n) is 11.8. The third-order valence-electron chi connectivity index (χ3n) is 3.19. The van der Waals surface area contributed by atoms with Crippen LogP contribution < -0.4 is 16.2 Å². The lowest BCUT2D eigenvalue weighted by molar-refractivity contribution is 0.423. The second-order valence-corrected chi connectivity index (χ2v) is 7.07. The molecule has 0 bridgehead atoms. The largest absolute Gasteiger partial charge is 0.370 e. The van der Waals surface area contributed by atoms with Crippen molar-refractivity contribution in [3.63, 3.8) is 0 Å². The first kappa shape index (κ1) is 16.1. The van der Waals surface area contributed by atoms with Crippen LogP contribution in [-0.4, -0.2) is 17.0 Å². The van der Waals surface area contributed by atoms with Gasteiger partial charge in [-0.2, -0.15) is 0 Å². The molecule has 0 atom stereocenters. The van der Waals surface area contributed by atoms with Gasteiger partial charge in [-0.1, -0.05) is 31.4 Å². The van der Waals surface area contributed by atoms with Crippen LogP contribution in [0.25, 0.3) is 10.2 Å². The number of fused-ring (bicyclic) bond motifs is 1. The number of guanidine groups is 1. The third kappa shape index (κ3) is 5.53. The molecule has 114 valence electrons. The molecule has 1 aromatic heterocycles. The molecule has 6 N–H and O–H groups in total. The van der Waals surface area contributed by atoms with Crippen molar-refractivity contribution >= 4 is 39.5 Å². The second kappa shape index (κ2) is 8.21. The van der Waals surface area contributed by atoms with Crippen molar-refractivity contribution in [1.29, 1.82) is 5.41 Å². The molecule has 1 heterocycles. The molecule has 0 saturated heterocycles. The summed E-state index contributed by atoms with van der Waals surface area (Å²) in [5.41, 5.74) is 10.1. The van der Waals surface area contributed by atoms with Crippen molar-refractivity contribution in [3.05, 3.63) is 24.3 Å². The van der Waals surface area contributed by atoms with Crippen molar-refractivity contribution in [3.8, 4) is 0 Å². The van der Waals surface area contributed by atoms with E-state index in [1.54, 1.807) is 23.3 Å². The van der Waals surface area contributed by atoms with Crippen molar-refractivity contribution in [2.45, 2.75) is 42.5 Å². The Morgan fingerprint density at radius 2 is 1.90 bits per heavy atom. The van der Waals surface area contributed by atoms with Gasteiger partial charge in [0.15, 0.2) is 10.3 Å². The number of nitrogens with zero attached hydrogens (tertiary/aromatic N) is 1. The van der Waals surface area contributed by atoms with Crippen molar-refractivity contribution < 1.29 is 0 Å². The Hall–Kier alpha value is -1.31. The first-order valence-electron chi connectivity index (χ1n) is 7.02. The standard InChI is InChI=1S/C13H16N2S2.CH5N3/c1-2-6-10(7-3-1)15-17-13-14-11-8-4-5-9-12(11)16-13;2-1(3)4/h4-5,8-10,15H,1-3,6-7H2;(H5,2,3,4). The molecule has 0 radical (unpaired) electrons. The summed E-state index contributed by atoms with van der Waals surface area (Å²) in [5.74, 6) is -0.333. The molecule has 2 aromatic rings. The highest BCUT2D eigenvalue weighted by Crippen LogP contribution is 2.29. The number of rotatable bonds is 3. The van der Waals surface area contributed by atoms with Crippen LogP contribution in [0.4, 0.5) is 0 Å². The van der Waals surface area contributed by atoms with Gasteiger partial charge >= 0.3 is 0 Å². The molecular weight excluding hydrogens is 302 g/mol. The Morgan fingerprint density at radius 3 is 2.57 bits per heavy atom. The molecule has 7 heteroatoms. The lowest BCUT2D eigenvalue weighted by atomic mass is 9.96. The van der Waals surface area contributed by atoms with E-state index in [-0.39, 0.29) is 5.96 Å². The van der Waals surface area contributed by atoms with Crippen LogP contribution in [0.3, 0.4) is 0 Å². The van der Waals surface area contributed by atoms with Gasteiger partial charge in [-0.15, -0.1) is 11.3 Å². The number of nitrogens with one attached hydrogen (secondary N) is 2. The summed E-state index contributed by atoms with van der Waals surface area (Å²) in [4.78, 5) is 4.62. The first-order valence-corrected chi connectivity index (χ1v) is 8.66. The number of hydrogen-bond acceptors (Lipinski definition) is 5. The molecular formula is C14H21N5S2. The Kier molecular flexibility index (Phi) is 6.28. The Morgan fingerprint density at radius 1 is 1.24 bits per heavy atom. The van der Waals surface area contributed by atoms with Gasteiger partial charge in [0.25, 0.3) is 0 Å². The molecule has 0 spiro atoms. The smallest absolute Gasteiger partial charge is 0.183 e. The van der Waals surface area contributed by atoms with Gasteiger partial charge in [0.05, 0.1) is 10.2 Å². The van der Waals surface area contributed by atoms with E-state index >= 15 is 0 Å². The van der Waals surface area contributed by atoms with Crippen LogP contribution in [-0.2, 0) is 0 Å². The maximum atomic E-state index is 6.06. The molecule has 5 nitrogen and oxygen atoms in total. The highest BCUT2D eigenvalue weighted by atomic mass is 32.2. The van der Waals surface area contributed by atoms with Crippen molar-refractivity contribution in [2.24, 2.45) is 11.5 Å². The van der Waals surface area contributed by atoms with E-state index < -0.39 is 0 Å². The maximum Gasteiger partial charge on any atom is 0.183 e. The number of para-hydroxylation sites is 1. The van der Waals surface area contributed by atoms with Crippen molar-refractivity contribution in [2.75, 3.05) is 0 Å². The van der Waals surface area contributed by atoms with E-state index in [4.69, 9.17) is 5.41 Å². The lowest BCUT2D eigenvalue weighted by Crippen LogP contribution is -2.25. The van der Waals surface area contributed by atoms with Crippen LogP contribution in [0.15, 0.2) is 28.6 Å². The maximum absolute atomic E-state index is 6.06. The molecule has 1 fully saturated rings. The molecule has 1 aliphatic carbocycles. The molecule has 1 aliphatic rings. The summed E-state index contributed by atoms with van der Waals surface area (Å²) in [6, 6.07) is 9.02. The number of nitrogens with two attached hydrogens (primary N) is 2. The number of aromatic nitrogens is 1. The molecule has 21 heavy (non-hydrogen) atoms. The molecule has 1 saturated carbocycles. The fraction of sp³-hybridized carbons (Fsp3) is 0.429. The van der Waals surface area contributed by atoms with E-state index in [0.717, 1.165) is 9.86 Å². The Balaban J connectivity index is 0.000000361. The third-order valence-corrected chi connectivity index (χ3v) is 5.24. The summed E-state index contributed by atoms with van der Waals surface area (Å²) >= 11 is 3.49. The fourth-order valence-electron chi connectivity index (χ4n) is 2.25. The zero-order valence-corrected chi connectivity index (χ0v) is 13.5. The van der Waals surface area contributed by atoms with Crippen LogP contribution in [0.2, 0.25) is 0 Å². The van der Waals surface area contributed by atoms with Gasteiger partial charge in [0.1, 0.15) is 0 Å². The monoisotopic (exact) mass is 323 g/mol. The quantitative estimate of drug-likeness (QED) is 0.395. The normalized spacial score (nSPS) is 15.4. The highest BCUT2D eigenvalue weighted by Gasteiger charge is 2.13. The predicted octanol–water partition coefficient (Wildman–Crippen LogP) is 3.06. The van der Waals surface area contributed by atoms with E-state index in [9.17, 15) is 0 Å². The van der Waals surface area contributed by atoms with Crippen molar-refractivity contribution in [1.82, 2.24) is 9.71 Å². The van der Waals surface area contributed by atoms with Gasteiger partial charge in [0.2, 0.25) is 0 Å².